The number of hydrogen-bond donors (Lipinski definition) is 2. The number of amides is 2. The Bertz CT molecular complexity index is 1160. The summed E-state index contributed by atoms with van der Waals surface area (Å²) in [7, 11) is 1.80. The highest BCUT2D eigenvalue weighted by atomic mass is 16.6. The molecule has 0 aliphatic carbocycles. The molecule has 0 saturated carbocycles. The lowest BCUT2D eigenvalue weighted by Crippen LogP contribution is -2.52. The van der Waals surface area contributed by atoms with E-state index in [2.05, 4.69) is 36.5 Å². The highest BCUT2D eigenvalue weighted by Crippen LogP contribution is 2.32. The van der Waals surface area contributed by atoms with E-state index in [1.165, 1.54) is 0 Å². The Morgan fingerprint density at radius 2 is 1.85 bits per heavy atom. The van der Waals surface area contributed by atoms with Gasteiger partial charge < -0.3 is 24.6 Å². The number of hydrogen-bond acceptors (Lipinski definition) is 5. The standard InChI is InChI=1S/C25H33N5O4/c1-25(2,3)22-17-23(29(4)28-22)27-24(31)26-20-9-10-21(19-8-6-5-7-18(19)20)34-16-13-30(32)11-14-33-15-12-30/h5-10,17H,11-16H2,1-4H3,(H2,26,27,31). The molecule has 1 aliphatic heterocycles. The first-order valence-corrected chi connectivity index (χ1v) is 11.6. The number of nitrogens with one attached hydrogen (secondary N) is 2. The van der Waals surface area contributed by atoms with Gasteiger partial charge in [0, 0.05) is 29.3 Å². The molecular formula is C25H33N5O4. The fourth-order valence-corrected chi connectivity index (χ4v) is 3.95. The highest BCUT2D eigenvalue weighted by molar-refractivity contribution is 6.07. The Balaban J connectivity index is 1.45. The van der Waals surface area contributed by atoms with Gasteiger partial charge in [-0.1, -0.05) is 45.0 Å². The summed E-state index contributed by atoms with van der Waals surface area (Å²) in [5.41, 5.74) is 1.45. The van der Waals surface area contributed by atoms with Gasteiger partial charge in [-0.2, -0.15) is 5.10 Å². The molecule has 1 fully saturated rings. The molecule has 0 radical (unpaired) electrons. The number of carbonyl (C=O) groups excluding carboxylic acids is 1. The number of ether oxygens (including phenoxy) is 2. The first-order valence-electron chi connectivity index (χ1n) is 11.6. The third-order valence-electron chi connectivity index (χ3n) is 6.06. The SMILES string of the molecule is Cn1nc(C(C)(C)C)cc1NC(=O)Nc1ccc(OCC[N+]2([O-])CCOCC2)c2ccccc12. The molecule has 0 atom stereocenters. The number of nitrogens with zero attached hydrogens (tertiary/aromatic N) is 3. The molecule has 9 heteroatoms. The largest absolute Gasteiger partial charge is 0.633 e. The van der Waals surface area contributed by atoms with E-state index in [-0.39, 0.29) is 16.1 Å². The number of hydroxylamine groups is 3. The van der Waals surface area contributed by atoms with Gasteiger partial charge in [-0.25, -0.2) is 4.79 Å². The maximum absolute atomic E-state index is 12.8. The summed E-state index contributed by atoms with van der Waals surface area (Å²) < 4.78 is 12.7. The van der Waals surface area contributed by atoms with E-state index in [4.69, 9.17) is 9.47 Å². The van der Waals surface area contributed by atoms with Crippen LogP contribution in [0.3, 0.4) is 0 Å². The average molecular weight is 468 g/mol. The van der Waals surface area contributed by atoms with Gasteiger partial charge in [0.15, 0.2) is 0 Å². The first-order chi connectivity index (χ1) is 16.1. The predicted molar refractivity (Wildman–Crippen MR) is 133 cm³/mol. The van der Waals surface area contributed by atoms with Crippen LogP contribution < -0.4 is 15.4 Å². The molecule has 1 aliphatic rings. The van der Waals surface area contributed by atoms with E-state index in [1.807, 2.05) is 42.5 Å². The smallest absolute Gasteiger partial charge is 0.324 e. The molecule has 0 spiro atoms. The van der Waals surface area contributed by atoms with Crippen molar-refractivity contribution >= 4 is 28.3 Å². The van der Waals surface area contributed by atoms with Crippen molar-refractivity contribution in [2.45, 2.75) is 26.2 Å². The quantitative estimate of drug-likeness (QED) is 0.417. The van der Waals surface area contributed by atoms with Crippen LogP contribution in [0.4, 0.5) is 16.3 Å². The molecule has 9 nitrogen and oxygen atoms in total. The second-order valence-electron chi connectivity index (χ2n) is 9.71. The zero-order valence-corrected chi connectivity index (χ0v) is 20.3. The summed E-state index contributed by atoms with van der Waals surface area (Å²) in [5, 5.41) is 24.7. The highest BCUT2D eigenvalue weighted by Gasteiger charge is 2.22. The van der Waals surface area contributed by atoms with Crippen LogP contribution in [0.5, 0.6) is 5.75 Å². The van der Waals surface area contributed by atoms with Gasteiger partial charge in [-0.15, -0.1) is 0 Å². The first kappa shape index (κ1) is 24.0. The lowest BCUT2D eigenvalue weighted by molar-refractivity contribution is -0.888. The molecule has 0 unspecified atom stereocenters. The summed E-state index contributed by atoms with van der Waals surface area (Å²) in [4.78, 5) is 12.8. The number of anilines is 2. The van der Waals surface area contributed by atoms with Gasteiger partial charge in [-0.3, -0.25) is 10.00 Å². The van der Waals surface area contributed by atoms with Crippen LogP contribution in [0.25, 0.3) is 10.8 Å². The summed E-state index contributed by atoms with van der Waals surface area (Å²) >= 11 is 0. The van der Waals surface area contributed by atoms with E-state index in [9.17, 15) is 10.0 Å². The Morgan fingerprint density at radius 3 is 2.53 bits per heavy atom. The van der Waals surface area contributed by atoms with Crippen LogP contribution >= 0.6 is 0 Å². The number of carbonyl (C=O) groups is 1. The number of urea groups is 1. The third-order valence-corrected chi connectivity index (χ3v) is 6.06. The summed E-state index contributed by atoms with van der Waals surface area (Å²) in [6.07, 6.45) is 0. The number of aryl methyl sites for hydroxylation is 1. The molecule has 34 heavy (non-hydrogen) atoms. The lowest BCUT2D eigenvalue weighted by atomic mass is 9.92. The number of aromatic nitrogens is 2. The van der Waals surface area contributed by atoms with E-state index < -0.39 is 0 Å². The number of benzene rings is 2. The minimum absolute atomic E-state index is 0.116. The van der Waals surface area contributed by atoms with Gasteiger partial charge in [0.1, 0.15) is 37.8 Å². The van der Waals surface area contributed by atoms with Crippen molar-refractivity contribution in [3.05, 3.63) is 53.4 Å². The van der Waals surface area contributed by atoms with E-state index >= 15 is 0 Å². The van der Waals surface area contributed by atoms with Crippen LogP contribution in [0.2, 0.25) is 0 Å². The molecule has 4 rings (SSSR count). The van der Waals surface area contributed by atoms with Crippen LogP contribution in [-0.4, -0.2) is 59.9 Å². The Kier molecular flexibility index (Phi) is 6.79. The van der Waals surface area contributed by atoms with Crippen molar-refractivity contribution in [1.82, 2.24) is 9.78 Å². The molecule has 0 bridgehead atoms. The third kappa shape index (κ3) is 5.49. The van der Waals surface area contributed by atoms with Crippen LogP contribution in [-0.2, 0) is 17.2 Å². The lowest BCUT2D eigenvalue weighted by Gasteiger charge is -2.44. The molecule has 182 valence electrons. The van der Waals surface area contributed by atoms with Gasteiger partial charge in [-0.05, 0) is 12.1 Å². The van der Waals surface area contributed by atoms with Crippen molar-refractivity contribution in [1.29, 1.82) is 0 Å². The molecule has 2 aromatic carbocycles. The van der Waals surface area contributed by atoms with E-state index in [0.717, 1.165) is 16.5 Å². The molecule has 2 N–H and O–H groups in total. The van der Waals surface area contributed by atoms with Crippen LogP contribution in [0.1, 0.15) is 26.5 Å². The average Bonchev–Trinajstić information content (AvgIpc) is 3.16. The maximum atomic E-state index is 12.8. The van der Waals surface area contributed by atoms with Gasteiger partial charge in [0.25, 0.3) is 0 Å². The molecule has 1 aromatic heterocycles. The Hall–Kier alpha value is -3.14. The predicted octanol–water partition coefficient (Wildman–Crippen LogP) is 4.24. The second kappa shape index (κ2) is 9.61. The van der Waals surface area contributed by atoms with E-state index in [0.29, 0.717) is 56.7 Å². The second-order valence-corrected chi connectivity index (χ2v) is 9.71. The summed E-state index contributed by atoms with van der Waals surface area (Å²) in [5.74, 6) is 1.30. The number of fused-ring (bicyclic) bond motifs is 1. The van der Waals surface area contributed by atoms with Gasteiger partial charge >= 0.3 is 6.03 Å². The zero-order valence-electron chi connectivity index (χ0n) is 20.3. The minimum Gasteiger partial charge on any atom is -0.633 e. The van der Waals surface area contributed by atoms with Crippen LogP contribution in [0, 0.1) is 5.21 Å². The fraction of sp³-hybridized carbons (Fsp3) is 0.440. The molecular weight excluding hydrogens is 434 g/mol. The number of morpholine rings is 1. The van der Waals surface area contributed by atoms with Crippen molar-refractivity contribution in [2.75, 3.05) is 50.1 Å². The van der Waals surface area contributed by atoms with Crippen molar-refractivity contribution in [2.24, 2.45) is 7.05 Å². The Morgan fingerprint density at radius 1 is 1.15 bits per heavy atom. The minimum atomic E-state index is -0.354. The summed E-state index contributed by atoms with van der Waals surface area (Å²) in [6.45, 7) is 8.82. The van der Waals surface area contributed by atoms with Gasteiger partial charge in [0.05, 0.1) is 24.6 Å². The Labute approximate surface area is 199 Å². The molecule has 2 heterocycles. The molecule has 1 saturated heterocycles. The van der Waals surface area contributed by atoms with Crippen molar-refractivity contribution in [3.63, 3.8) is 0 Å². The normalized spacial score (nSPS) is 15.8. The maximum Gasteiger partial charge on any atom is 0.324 e. The zero-order chi connectivity index (χ0) is 24.3. The van der Waals surface area contributed by atoms with E-state index in [1.54, 1.807) is 11.7 Å². The topological polar surface area (TPSA) is 100 Å². The molecule has 2 amide bonds. The van der Waals surface area contributed by atoms with Crippen molar-refractivity contribution < 1.29 is 18.9 Å². The monoisotopic (exact) mass is 467 g/mol. The number of rotatable bonds is 6. The van der Waals surface area contributed by atoms with Crippen LogP contribution in [0.15, 0.2) is 42.5 Å². The molecule has 3 aromatic rings. The van der Waals surface area contributed by atoms with Crippen molar-refractivity contribution in [3.8, 4) is 5.75 Å². The number of quaternary nitrogens is 1. The summed E-state index contributed by atoms with van der Waals surface area (Å²) in [6, 6.07) is 12.9. The fourth-order valence-electron chi connectivity index (χ4n) is 3.95. The van der Waals surface area contributed by atoms with Gasteiger partial charge in [0.2, 0.25) is 0 Å².